The van der Waals surface area contributed by atoms with Crippen LogP contribution in [0.5, 0.6) is 5.75 Å². The number of Topliss-reactive ketones (excluding diaryl/α,β-unsaturated/α-hetero) is 1. The van der Waals surface area contributed by atoms with Crippen LogP contribution in [0.1, 0.15) is 22.7 Å². The first kappa shape index (κ1) is 22.1. The molecule has 1 aromatic heterocycles. The highest BCUT2D eigenvalue weighted by Crippen LogP contribution is 2.42. The molecule has 0 spiro atoms. The third-order valence-electron chi connectivity index (χ3n) is 5.86. The summed E-state index contributed by atoms with van der Waals surface area (Å²) in [6.45, 7) is 0.414. The van der Waals surface area contributed by atoms with Crippen molar-refractivity contribution in [3.63, 3.8) is 0 Å². The van der Waals surface area contributed by atoms with E-state index in [4.69, 9.17) is 4.74 Å². The number of aromatic nitrogens is 1. The maximum absolute atomic E-state index is 13.2. The van der Waals surface area contributed by atoms with Gasteiger partial charge in [0.2, 0.25) is 0 Å². The summed E-state index contributed by atoms with van der Waals surface area (Å²) >= 11 is 0. The SMILES string of the molecule is O=C1C(=O)N(c2ccc(OCc3ccccc3)cc2)C(c2cccnc2)/C1=C(/O)c1ccccc1. The number of aliphatic hydroxyl groups excluding tert-OH is 1. The molecule has 1 amide bonds. The van der Waals surface area contributed by atoms with Crippen molar-refractivity contribution >= 4 is 23.1 Å². The average Bonchev–Trinajstić information content (AvgIpc) is 3.19. The lowest BCUT2D eigenvalue weighted by molar-refractivity contribution is -0.132. The summed E-state index contributed by atoms with van der Waals surface area (Å²) in [5.74, 6) is -1.04. The molecular weight excluding hydrogens is 440 g/mol. The molecule has 4 aromatic rings. The van der Waals surface area contributed by atoms with Crippen LogP contribution in [0.3, 0.4) is 0 Å². The highest BCUT2D eigenvalue weighted by Gasteiger charge is 2.47. The van der Waals surface area contributed by atoms with Crippen LogP contribution >= 0.6 is 0 Å². The number of hydrogen-bond donors (Lipinski definition) is 1. The van der Waals surface area contributed by atoms with Crippen LogP contribution < -0.4 is 9.64 Å². The van der Waals surface area contributed by atoms with E-state index in [2.05, 4.69) is 4.98 Å². The number of carbonyl (C=O) groups is 2. The number of ether oxygens (including phenoxy) is 1. The lowest BCUT2D eigenvalue weighted by Gasteiger charge is -2.25. The number of hydrogen-bond acceptors (Lipinski definition) is 5. The molecule has 1 aliphatic rings. The van der Waals surface area contributed by atoms with Crippen molar-refractivity contribution in [3.05, 3.63) is 132 Å². The Kier molecular flexibility index (Phi) is 6.09. The Bertz CT molecular complexity index is 1370. The lowest BCUT2D eigenvalue weighted by Crippen LogP contribution is -2.29. The zero-order valence-corrected chi connectivity index (χ0v) is 18.7. The van der Waals surface area contributed by atoms with Crippen molar-refractivity contribution in [1.82, 2.24) is 4.98 Å². The van der Waals surface area contributed by atoms with Gasteiger partial charge in [-0.15, -0.1) is 0 Å². The van der Waals surface area contributed by atoms with Gasteiger partial charge in [-0.05, 0) is 41.5 Å². The number of amides is 1. The van der Waals surface area contributed by atoms with Crippen molar-refractivity contribution in [1.29, 1.82) is 0 Å². The fraction of sp³-hybridized carbons (Fsp3) is 0.0690. The normalized spacial score (nSPS) is 16.9. The summed E-state index contributed by atoms with van der Waals surface area (Å²) in [5.41, 5.74) is 2.66. The van der Waals surface area contributed by atoms with E-state index in [9.17, 15) is 14.7 Å². The lowest BCUT2D eigenvalue weighted by atomic mass is 9.96. The van der Waals surface area contributed by atoms with Crippen LogP contribution in [0.15, 0.2) is 115 Å². The minimum absolute atomic E-state index is 0.0265. The quantitative estimate of drug-likeness (QED) is 0.239. The van der Waals surface area contributed by atoms with Crippen LogP contribution in [-0.4, -0.2) is 21.8 Å². The van der Waals surface area contributed by atoms with E-state index in [1.54, 1.807) is 73.1 Å². The van der Waals surface area contributed by atoms with Gasteiger partial charge in [0.05, 0.1) is 11.6 Å². The molecule has 5 rings (SSSR count). The largest absolute Gasteiger partial charge is 0.507 e. The molecule has 0 radical (unpaired) electrons. The molecule has 1 aliphatic heterocycles. The Morgan fingerprint density at radius 1 is 0.857 bits per heavy atom. The summed E-state index contributed by atoms with van der Waals surface area (Å²) in [6, 6.07) is 28.2. The molecule has 3 aromatic carbocycles. The molecule has 1 saturated heterocycles. The zero-order valence-electron chi connectivity index (χ0n) is 18.7. The Morgan fingerprint density at radius 3 is 2.20 bits per heavy atom. The maximum Gasteiger partial charge on any atom is 0.300 e. The van der Waals surface area contributed by atoms with Gasteiger partial charge in [0, 0.05) is 23.6 Å². The van der Waals surface area contributed by atoms with E-state index < -0.39 is 17.7 Å². The van der Waals surface area contributed by atoms with E-state index >= 15 is 0 Å². The van der Waals surface area contributed by atoms with E-state index in [0.717, 1.165) is 5.56 Å². The van der Waals surface area contributed by atoms with Gasteiger partial charge in [-0.2, -0.15) is 0 Å². The van der Waals surface area contributed by atoms with Gasteiger partial charge in [0.1, 0.15) is 18.1 Å². The Morgan fingerprint density at radius 2 is 1.54 bits per heavy atom. The van der Waals surface area contributed by atoms with Crippen molar-refractivity contribution < 1.29 is 19.4 Å². The summed E-state index contributed by atoms with van der Waals surface area (Å²) in [4.78, 5) is 31.9. The number of nitrogens with zero attached hydrogens (tertiary/aromatic N) is 2. The van der Waals surface area contributed by atoms with Gasteiger partial charge in [-0.3, -0.25) is 19.5 Å². The zero-order chi connectivity index (χ0) is 24.2. The van der Waals surface area contributed by atoms with E-state index in [1.807, 2.05) is 36.4 Å². The molecule has 1 atom stereocenters. The molecule has 6 nitrogen and oxygen atoms in total. The third-order valence-corrected chi connectivity index (χ3v) is 5.86. The van der Waals surface area contributed by atoms with E-state index in [0.29, 0.717) is 29.2 Å². The molecule has 1 unspecified atom stereocenters. The maximum atomic E-state index is 13.2. The molecular formula is C29H22N2O4. The standard InChI is InChI=1S/C29H22N2O4/c32-27(21-10-5-2-6-11-21)25-26(22-12-7-17-30-18-22)31(29(34)28(25)33)23-13-15-24(16-14-23)35-19-20-8-3-1-4-9-20/h1-18,26,32H,19H2/b27-25-. The third kappa shape index (κ3) is 4.42. The molecule has 2 heterocycles. The highest BCUT2D eigenvalue weighted by molar-refractivity contribution is 6.51. The summed E-state index contributed by atoms with van der Waals surface area (Å²) in [7, 11) is 0. The molecule has 35 heavy (non-hydrogen) atoms. The number of rotatable bonds is 6. The second-order valence-electron chi connectivity index (χ2n) is 8.09. The Labute approximate surface area is 202 Å². The number of anilines is 1. The van der Waals surface area contributed by atoms with Gasteiger partial charge >= 0.3 is 0 Å². The Balaban J connectivity index is 1.51. The predicted molar refractivity (Wildman–Crippen MR) is 133 cm³/mol. The second-order valence-corrected chi connectivity index (χ2v) is 8.09. The van der Waals surface area contributed by atoms with Crippen molar-refractivity contribution in [3.8, 4) is 5.75 Å². The predicted octanol–water partition coefficient (Wildman–Crippen LogP) is 5.29. The smallest absolute Gasteiger partial charge is 0.300 e. The number of benzene rings is 3. The Hall–Kier alpha value is -4.71. The minimum Gasteiger partial charge on any atom is -0.507 e. The van der Waals surface area contributed by atoms with Crippen LogP contribution in [-0.2, 0) is 16.2 Å². The van der Waals surface area contributed by atoms with Gasteiger partial charge in [0.15, 0.2) is 0 Å². The number of ketones is 1. The monoisotopic (exact) mass is 462 g/mol. The summed E-state index contributed by atoms with van der Waals surface area (Å²) in [6.07, 6.45) is 3.21. The average molecular weight is 463 g/mol. The summed E-state index contributed by atoms with van der Waals surface area (Å²) in [5, 5.41) is 11.1. The second kappa shape index (κ2) is 9.65. The highest BCUT2D eigenvalue weighted by atomic mass is 16.5. The van der Waals surface area contributed by atoms with Gasteiger partial charge in [-0.25, -0.2) is 0 Å². The first-order chi connectivity index (χ1) is 17.1. The van der Waals surface area contributed by atoms with E-state index in [-0.39, 0.29) is 11.3 Å². The molecule has 0 bridgehead atoms. The molecule has 6 heteroatoms. The van der Waals surface area contributed by atoms with Crippen molar-refractivity contribution in [2.45, 2.75) is 12.6 Å². The number of carbonyl (C=O) groups excluding carboxylic acids is 2. The van der Waals surface area contributed by atoms with Crippen molar-refractivity contribution in [2.75, 3.05) is 4.90 Å². The minimum atomic E-state index is -0.819. The number of pyridine rings is 1. The molecule has 172 valence electrons. The van der Waals surface area contributed by atoms with Crippen LogP contribution in [0.4, 0.5) is 5.69 Å². The molecule has 1 N–H and O–H groups in total. The van der Waals surface area contributed by atoms with Gasteiger partial charge in [-0.1, -0.05) is 66.7 Å². The fourth-order valence-electron chi connectivity index (χ4n) is 4.15. The first-order valence-electron chi connectivity index (χ1n) is 11.2. The van der Waals surface area contributed by atoms with Gasteiger partial charge in [0.25, 0.3) is 11.7 Å². The first-order valence-corrected chi connectivity index (χ1v) is 11.2. The van der Waals surface area contributed by atoms with Crippen LogP contribution in [0.2, 0.25) is 0 Å². The van der Waals surface area contributed by atoms with Gasteiger partial charge < -0.3 is 9.84 Å². The summed E-state index contributed by atoms with van der Waals surface area (Å²) < 4.78 is 5.86. The molecule has 1 fully saturated rings. The topological polar surface area (TPSA) is 79.7 Å². The number of aliphatic hydroxyl groups is 1. The van der Waals surface area contributed by atoms with E-state index in [1.165, 1.54) is 4.90 Å². The van der Waals surface area contributed by atoms with Crippen LogP contribution in [0.25, 0.3) is 5.76 Å². The van der Waals surface area contributed by atoms with Crippen LogP contribution in [0, 0.1) is 0 Å². The fourth-order valence-corrected chi connectivity index (χ4v) is 4.15. The molecule has 0 aliphatic carbocycles. The van der Waals surface area contributed by atoms with Crippen molar-refractivity contribution in [2.24, 2.45) is 0 Å². The molecule has 0 saturated carbocycles.